The predicted octanol–water partition coefficient (Wildman–Crippen LogP) is 4.06. The lowest BCUT2D eigenvalue weighted by Gasteiger charge is -2.21. The van der Waals surface area contributed by atoms with Crippen molar-refractivity contribution in [3.05, 3.63) is 53.6 Å². The molecule has 1 N–H and O–H groups in total. The van der Waals surface area contributed by atoms with Crippen molar-refractivity contribution in [2.24, 2.45) is 0 Å². The molecule has 0 unspecified atom stereocenters. The van der Waals surface area contributed by atoms with Gasteiger partial charge in [-0.1, -0.05) is 23.7 Å². The van der Waals surface area contributed by atoms with E-state index in [0.29, 0.717) is 23.3 Å². The fraction of sp³-hybridized carbons (Fsp3) is 0.235. The second kappa shape index (κ2) is 8.60. The Kier molecular flexibility index (Phi) is 6.50. The third-order valence-electron chi connectivity index (χ3n) is 3.16. The second-order valence-electron chi connectivity index (χ2n) is 4.89. The van der Waals surface area contributed by atoms with Crippen LogP contribution in [0.3, 0.4) is 0 Å². The average molecular weight is 351 g/mol. The Morgan fingerprint density at radius 1 is 1.17 bits per heavy atom. The van der Waals surface area contributed by atoms with Crippen LogP contribution in [0.1, 0.15) is 0 Å². The number of benzene rings is 2. The Balaban J connectivity index is 1.80. The summed E-state index contributed by atoms with van der Waals surface area (Å²) in [6.45, 7) is 1.17. The maximum Gasteiger partial charge on any atom is 0.173 e. The Morgan fingerprint density at radius 3 is 2.65 bits per heavy atom. The van der Waals surface area contributed by atoms with Gasteiger partial charge in [0.25, 0.3) is 0 Å². The third-order valence-corrected chi connectivity index (χ3v) is 3.81. The maximum absolute atomic E-state index is 5.92. The molecule has 0 radical (unpaired) electrons. The van der Waals surface area contributed by atoms with Crippen LogP contribution in [0, 0.1) is 0 Å². The highest BCUT2D eigenvalue weighted by Gasteiger charge is 2.06. The fourth-order valence-corrected chi connectivity index (χ4v) is 2.27. The van der Waals surface area contributed by atoms with Crippen LogP contribution in [0.5, 0.6) is 11.5 Å². The van der Waals surface area contributed by atoms with E-state index in [1.54, 1.807) is 13.2 Å². The molecule has 23 heavy (non-hydrogen) atoms. The summed E-state index contributed by atoms with van der Waals surface area (Å²) >= 11 is 11.3. The van der Waals surface area contributed by atoms with Gasteiger partial charge in [-0.25, -0.2) is 0 Å². The number of hydrogen-bond donors (Lipinski definition) is 1. The van der Waals surface area contributed by atoms with E-state index < -0.39 is 0 Å². The average Bonchev–Trinajstić information content (AvgIpc) is 2.55. The first-order chi connectivity index (χ1) is 11.1. The molecular weight excluding hydrogens is 332 g/mol. The predicted molar refractivity (Wildman–Crippen MR) is 98.8 cm³/mol. The highest BCUT2D eigenvalue weighted by Crippen LogP contribution is 2.18. The number of rotatable bonds is 6. The molecule has 0 saturated carbocycles. The molecule has 0 amide bonds. The van der Waals surface area contributed by atoms with E-state index >= 15 is 0 Å². The summed E-state index contributed by atoms with van der Waals surface area (Å²) in [6.07, 6.45) is 0. The van der Waals surface area contributed by atoms with Gasteiger partial charge in [0.15, 0.2) is 5.11 Å². The molecule has 122 valence electrons. The molecule has 2 aromatic rings. The minimum atomic E-state index is 0.511. The molecule has 6 heteroatoms. The molecule has 0 atom stereocenters. The number of anilines is 1. The lowest BCUT2D eigenvalue weighted by Crippen LogP contribution is -2.34. The number of methoxy groups -OCH3 is 1. The molecule has 0 spiro atoms. The Bertz CT molecular complexity index is 667. The Morgan fingerprint density at radius 2 is 1.91 bits per heavy atom. The molecule has 0 aliphatic carbocycles. The van der Waals surface area contributed by atoms with Crippen LogP contribution in [-0.2, 0) is 0 Å². The van der Waals surface area contributed by atoms with E-state index in [4.69, 9.17) is 33.3 Å². The van der Waals surface area contributed by atoms with Crippen molar-refractivity contribution in [2.45, 2.75) is 0 Å². The number of halogens is 1. The number of hydrogen-bond acceptors (Lipinski definition) is 3. The highest BCUT2D eigenvalue weighted by atomic mass is 35.5. The zero-order valence-corrected chi connectivity index (χ0v) is 14.7. The molecule has 4 nitrogen and oxygen atoms in total. The van der Waals surface area contributed by atoms with Gasteiger partial charge in [0.2, 0.25) is 0 Å². The summed E-state index contributed by atoms with van der Waals surface area (Å²) < 4.78 is 10.9. The van der Waals surface area contributed by atoms with Gasteiger partial charge in [-0.15, -0.1) is 0 Å². The maximum atomic E-state index is 5.92. The van der Waals surface area contributed by atoms with Gasteiger partial charge in [0, 0.05) is 23.8 Å². The van der Waals surface area contributed by atoms with Gasteiger partial charge in [-0.2, -0.15) is 0 Å². The van der Waals surface area contributed by atoms with Crippen LogP contribution in [0.4, 0.5) is 5.69 Å². The monoisotopic (exact) mass is 350 g/mol. The molecule has 0 heterocycles. The van der Waals surface area contributed by atoms with E-state index in [1.165, 1.54) is 0 Å². The molecular formula is C17H19ClN2O2S. The largest absolute Gasteiger partial charge is 0.497 e. The van der Waals surface area contributed by atoms with Gasteiger partial charge in [0.1, 0.15) is 18.1 Å². The zero-order chi connectivity index (χ0) is 16.7. The number of nitrogens with one attached hydrogen (secondary N) is 1. The quantitative estimate of drug-likeness (QED) is 0.795. The summed E-state index contributed by atoms with van der Waals surface area (Å²) in [6, 6.07) is 15.0. The molecule has 0 aliphatic heterocycles. The van der Waals surface area contributed by atoms with Gasteiger partial charge < -0.3 is 19.7 Å². The van der Waals surface area contributed by atoms with Crippen molar-refractivity contribution in [3.63, 3.8) is 0 Å². The Labute approximate surface area is 147 Å². The first-order valence-electron chi connectivity index (χ1n) is 7.13. The normalized spacial score (nSPS) is 10.0. The number of likely N-dealkylation sites (N-methyl/N-ethyl adjacent to an activating group) is 1. The lowest BCUT2D eigenvalue weighted by molar-refractivity contribution is 0.285. The Hall–Kier alpha value is -1.98. The van der Waals surface area contributed by atoms with E-state index in [2.05, 4.69) is 5.32 Å². The summed E-state index contributed by atoms with van der Waals surface area (Å²) in [5, 5.41) is 4.45. The first-order valence-corrected chi connectivity index (χ1v) is 7.91. The van der Waals surface area contributed by atoms with E-state index in [-0.39, 0.29) is 0 Å². The molecule has 2 rings (SSSR count). The summed E-state index contributed by atoms with van der Waals surface area (Å²) in [7, 11) is 3.55. The van der Waals surface area contributed by atoms with Crippen LogP contribution in [0.2, 0.25) is 5.02 Å². The fourth-order valence-electron chi connectivity index (χ4n) is 1.88. The van der Waals surface area contributed by atoms with Crippen LogP contribution in [0.15, 0.2) is 48.5 Å². The summed E-state index contributed by atoms with van der Waals surface area (Å²) in [4.78, 5) is 1.92. The molecule has 0 aromatic heterocycles. The summed E-state index contributed by atoms with van der Waals surface area (Å²) in [5.74, 6) is 1.53. The van der Waals surface area contributed by atoms with Crippen LogP contribution in [0.25, 0.3) is 0 Å². The van der Waals surface area contributed by atoms with Crippen molar-refractivity contribution in [3.8, 4) is 11.5 Å². The molecule has 0 saturated heterocycles. The minimum absolute atomic E-state index is 0.511. The van der Waals surface area contributed by atoms with Gasteiger partial charge in [0.05, 0.1) is 13.7 Å². The molecule has 0 aliphatic rings. The van der Waals surface area contributed by atoms with Crippen LogP contribution < -0.4 is 14.8 Å². The SMILES string of the molecule is COc1cccc(NC(=S)N(C)CCOc2cccc(Cl)c2)c1. The minimum Gasteiger partial charge on any atom is -0.497 e. The van der Waals surface area contributed by atoms with Gasteiger partial charge >= 0.3 is 0 Å². The standard InChI is InChI=1S/C17H19ClN2O2S/c1-20(9-10-22-16-8-3-5-13(18)11-16)17(23)19-14-6-4-7-15(12-14)21-2/h3-8,11-12H,9-10H2,1-2H3,(H,19,23). The highest BCUT2D eigenvalue weighted by molar-refractivity contribution is 7.80. The van der Waals surface area contributed by atoms with Crippen molar-refractivity contribution in [2.75, 3.05) is 32.6 Å². The molecule has 2 aromatic carbocycles. The van der Waals surface area contributed by atoms with Crippen molar-refractivity contribution < 1.29 is 9.47 Å². The number of ether oxygens (including phenoxy) is 2. The zero-order valence-electron chi connectivity index (χ0n) is 13.1. The molecule has 0 fully saturated rings. The van der Waals surface area contributed by atoms with Crippen LogP contribution >= 0.6 is 23.8 Å². The van der Waals surface area contributed by atoms with Crippen molar-refractivity contribution in [1.82, 2.24) is 4.90 Å². The summed E-state index contributed by atoms with van der Waals surface area (Å²) in [5.41, 5.74) is 0.886. The van der Waals surface area contributed by atoms with Gasteiger partial charge in [-0.05, 0) is 42.5 Å². The lowest BCUT2D eigenvalue weighted by atomic mass is 10.3. The number of nitrogens with zero attached hydrogens (tertiary/aromatic N) is 1. The van der Waals surface area contributed by atoms with Crippen molar-refractivity contribution >= 4 is 34.6 Å². The van der Waals surface area contributed by atoms with Crippen molar-refractivity contribution in [1.29, 1.82) is 0 Å². The van der Waals surface area contributed by atoms with Crippen LogP contribution in [-0.4, -0.2) is 37.3 Å². The number of thiocarbonyl (C=S) groups is 1. The van der Waals surface area contributed by atoms with E-state index in [0.717, 1.165) is 17.2 Å². The smallest absolute Gasteiger partial charge is 0.173 e. The topological polar surface area (TPSA) is 33.7 Å². The third kappa shape index (κ3) is 5.62. The molecule has 0 bridgehead atoms. The van der Waals surface area contributed by atoms with E-state index in [9.17, 15) is 0 Å². The van der Waals surface area contributed by atoms with E-state index in [1.807, 2.05) is 54.4 Å². The first kappa shape index (κ1) is 17.4. The van der Waals surface area contributed by atoms with Gasteiger partial charge in [-0.3, -0.25) is 0 Å². The second-order valence-corrected chi connectivity index (χ2v) is 5.71.